The molecule has 0 amide bonds. The molecule has 40 heavy (non-hydrogen) atoms. The van der Waals surface area contributed by atoms with Crippen molar-refractivity contribution < 1.29 is 0 Å². The van der Waals surface area contributed by atoms with E-state index in [0.29, 0.717) is 28.6 Å². The maximum absolute atomic E-state index is 2.42. The van der Waals surface area contributed by atoms with Gasteiger partial charge >= 0.3 is 0 Å². The van der Waals surface area contributed by atoms with Crippen LogP contribution in [-0.4, -0.2) is 0 Å². The Balaban J connectivity index is 1.77. The van der Waals surface area contributed by atoms with Crippen molar-refractivity contribution in [3.8, 4) is 0 Å². The highest BCUT2D eigenvalue weighted by molar-refractivity contribution is 5.33. The molecule has 0 nitrogen and oxygen atoms in total. The van der Waals surface area contributed by atoms with Crippen LogP contribution in [0, 0.1) is 28.6 Å². The smallest absolute Gasteiger partial charge is 0.00285 e. The zero-order chi connectivity index (χ0) is 29.8. The molecule has 0 heteroatoms. The van der Waals surface area contributed by atoms with E-state index in [1.807, 2.05) is 0 Å². The Kier molecular flexibility index (Phi) is 13.7. The maximum Gasteiger partial charge on any atom is 0.00285 e. The van der Waals surface area contributed by atoms with Gasteiger partial charge in [-0.25, -0.2) is 0 Å². The fourth-order valence-corrected chi connectivity index (χ4v) is 6.16. The molecule has 0 aromatic carbocycles. The highest BCUT2D eigenvalue weighted by Gasteiger charge is 2.30. The van der Waals surface area contributed by atoms with Crippen molar-refractivity contribution in [3.63, 3.8) is 0 Å². The van der Waals surface area contributed by atoms with E-state index in [9.17, 15) is 0 Å². The van der Waals surface area contributed by atoms with E-state index >= 15 is 0 Å². The normalized spacial score (nSPS) is 24.2. The van der Waals surface area contributed by atoms with Crippen molar-refractivity contribution in [2.75, 3.05) is 0 Å². The summed E-state index contributed by atoms with van der Waals surface area (Å²) in [4.78, 5) is 0. The van der Waals surface area contributed by atoms with Crippen molar-refractivity contribution in [2.45, 2.75) is 114 Å². The molecule has 0 radical (unpaired) electrons. The van der Waals surface area contributed by atoms with Gasteiger partial charge in [0.1, 0.15) is 0 Å². The zero-order valence-electron chi connectivity index (χ0n) is 27.7. The molecular weight excluding hydrogens is 480 g/mol. The van der Waals surface area contributed by atoms with Crippen LogP contribution in [0.15, 0.2) is 107 Å². The molecule has 0 spiro atoms. The SMILES string of the molecule is CC1=CCCC(C)(C)C1/C=C/C(C)=C/C=C/C(C)=C/C=C/CC(C)/C=C/CC(C)/C=C/C1=C(C)CCCC1(C)C. The minimum absolute atomic E-state index is 0.327. The van der Waals surface area contributed by atoms with E-state index in [-0.39, 0.29) is 0 Å². The molecule has 0 saturated heterocycles. The summed E-state index contributed by atoms with van der Waals surface area (Å²) in [7, 11) is 0. The Morgan fingerprint density at radius 1 is 0.875 bits per heavy atom. The summed E-state index contributed by atoms with van der Waals surface area (Å²) in [5, 5.41) is 0. The number of hydrogen-bond acceptors (Lipinski definition) is 0. The summed E-state index contributed by atoms with van der Waals surface area (Å²) in [6, 6.07) is 0. The second-order valence-electron chi connectivity index (χ2n) is 14.1. The van der Waals surface area contributed by atoms with Crippen LogP contribution in [0.25, 0.3) is 0 Å². The van der Waals surface area contributed by atoms with Crippen molar-refractivity contribution in [2.24, 2.45) is 28.6 Å². The van der Waals surface area contributed by atoms with E-state index < -0.39 is 0 Å². The largest absolute Gasteiger partial charge is 0.0877 e. The van der Waals surface area contributed by atoms with Gasteiger partial charge in [0.2, 0.25) is 0 Å². The van der Waals surface area contributed by atoms with E-state index in [0.717, 1.165) is 12.8 Å². The molecule has 3 atom stereocenters. The van der Waals surface area contributed by atoms with E-state index in [1.165, 1.54) is 48.8 Å². The lowest BCUT2D eigenvalue weighted by Crippen LogP contribution is -2.26. The minimum atomic E-state index is 0.327. The highest BCUT2D eigenvalue weighted by atomic mass is 14.3. The molecule has 2 aliphatic rings. The molecule has 2 rings (SSSR count). The second-order valence-corrected chi connectivity index (χ2v) is 14.1. The Morgan fingerprint density at radius 2 is 1.52 bits per heavy atom. The lowest BCUT2D eigenvalue weighted by atomic mass is 9.68. The van der Waals surface area contributed by atoms with E-state index in [2.05, 4.69) is 148 Å². The van der Waals surface area contributed by atoms with E-state index in [1.54, 1.807) is 11.1 Å². The predicted molar refractivity (Wildman–Crippen MR) is 181 cm³/mol. The maximum atomic E-state index is 2.42. The average molecular weight is 541 g/mol. The number of allylic oxidation sites excluding steroid dienone is 18. The molecule has 220 valence electrons. The lowest BCUT2D eigenvalue weighted by molar-refractivity contribution is 0.255. The van der Waals surface area contributed by atoms with Crippen LogP contribution in [0.4, 0.5) is 0 Å². The van der Waals surface area contributed by atoms with Crippen molar-refractivity contribution in [1.29, 1.82) is 0 Å². The van der Waals surface area contributed by atoms with Crippen LogP contribution in [-0.2, 0) is 0 Å². The van der Waals surface area contributed by atoms with Crippen LogP contribution in [0.2, 0.25) is 0 Å². The third kappa shape index (κ3) is 11.6. The highest BCUT2D eigenvalue weighted by Crippen LogP contribution is 2.42. The van der Waals surface area contributed by atoms with Gasteiger partial charge in [0, 0.05) is 5.92 Å². The van der Waals surface area contributed by atoms with Crippen molar-refractivity contribution in [3.05, 3.63) is 107 Å². The predicted octanol–water partition coefficient (Wildman–Crippen LogP) is 12.6. The lowest BCUT2D eigenvalue weighted by Gasteiger charge is -2.36. The summed E-state index contributed by atoms with van der Waals surface area (Å²) < 4.78 is 0. The quantitative estimate of drug-likeness (QED) is 0.170. The molecule has 0 saturated carbocycles. The Morgan fingerprint density at radius 3 is 2.23 bits per heavy atom. The molecule has 0 aliphatic heterocycles. The molecular formula is C40H60. The summed E-state index contributed by atoms with van der Waals surface area (Å²) in [5.74, 6) is 1.67. The van der Waals surface area contributed by atoms with Gasteiger partial charge in [0.15, 0.2) is 0 Å². The van der Waals surface area contributed by atoms with E-state index in [4.69, 9.17) is 0 Å². The van der Waals surface area contributed by atoms with Crippen LogP contribution >= 0.6 is 0 Å². The molecule has 0 fully saturated rings. The molecule has 0 N–H and O–H groups in total. The first kappa shape index (κ1) is 33.9. The summed E-state index contributed by atoms with van der Waals surface area (Å²) in [5.41, 5.74) is 7.91. The average Bonchev–Trinajstić information content (AvgIpc) is 2.85. The number of hydrogen-bond donors (Lipinski definition) is 0. The summed E-state index contributed by atoms with van der Waals surface area (Å²) in [6.07, 6.45) is 38.6. The standard InChI is InChI=1S/C40H60/c1-31(19-13-21-33(3)25-27-37-35(5)23-15-29-39(37,7)8)17-11-12-18-32(2)20-14-22-34(4)26-28-38-36(6)24-16-30-40(38,9)10/h11-14,17,19-21,23,25-28,32,34,37H,15-16,18,22,24,29-30H2,1-10H3/b12-11+,19-13+,20-14+,27-25+,28-26+,31-17+,33-21+. The van der Waals surface area contributed by atoms with Gasteiger partial charge in [-0.3, -0.25) is 0 Å². The van der Waals surface area contributed by atoms with Gasteiger partial charge in [0.25, 0.3) is 0 Å². The van der Waals surface area contributed by atoms with Crippen LogP contribution < -0.4 is 0 Å². The molecule has 0 heterocycles. The van der Waals surface area contributed by atoms with Crippen molar-refractivity contribution >= 4 is 0 Å². The van der Waals surface area contributed by atoms with Gasteiger partial charge < -0.3 is 0 Å². The van der Waals surface area contributed by atoms with Crippen LogP contribution in [0.1, 0.15) is 114 Å². The molecule has 2 aliphatic carbocycles. The first-order chi connectivity index (χ1) is 18.8. The van der Waals surface area contributed by atoms with Gasteiger partial charge in [-0.15, -0.1) is 0 Å². The van der Waals surface area contributed by atoms with Gasteiger partial charge in [-0.1, -0.05) is 143 Å². The Hall–Kier alpha value is -2.34. The monoisotopic (exact) mass is 540 g/mol. The first-order valence-electron chi connectivity index (χ1n) is 15.9. The Labute approximate surface area is 249 Å². The molecule has 0 aromatic rings. The first-order valence-corrected chi connectivity index (χ1v) is 15.9. The molecule has 0 aromatic heterocycles. The van der Waals surface area contributed by atoms with Gasteiger partial charge in [-0.05, 0) is 101 Å². The van der Waals surface area contributed by atoms with Crippen LogP contribution in [0.3, 0.4) is 0 Å². The molecule has 3 unspecified atom stereocenters. The third-order valence-electron chi connectivity index (χ3n) is 8.97. The van der Waals surface area contributed by atoms with Gasteiger partial charge in [0.05, 0.1) is 0 Å². The minimum Gasteiger partial charge on any atom is -0.0877 e. The van der Waals surface area contributed by atoms with Gasteiger partial charge in [-0.2, -0.15) is 0 Å². The second kappa shape index (κ2) is 16.2. The fourth-order valence-electron chi connectivity index (χ4n) is 6.16. The summed E-state index contributed by atoms with van der Waals surface area (Å²) >= 11 is 0. The zero-order valence-corrected chi connectivity index (χ0v) is 27.7. The number of rotatable bonds is 12. The summed E-state index contributed by atoms with van der Waals surface area (Å²) in [6.45, 7) is 23.2. The van der Waals surface area contributed by atoms with Crippen molar-refractivity contribution in [1.82, 2.24) is 0 Å². The molecule has 0 bridgehead atoms. The fraction of sp³-hybridized carbons (Fsp3) is 0.550. The topological polar surface area (TPSA) is 0 Å². The Bertz CT molecular complexity index is 1080. The van der Waals surface area contributed by atoms with Crippen LogP contribution in [0.5, 0.6) is 0 Å². The third-order valence-corrected chi connectivity index (χ3v) is 8.97.